The Morgan fingerprint density at radius 1 is 1.25 bits per heavy atom. The minimum Gasteiger partial charge on any atom is -0.339 e. The number of rotatable bonds is 2. The van der Waals surface area contributed by atoms with E-state index in [1.807, 2.05) is 6.92 Å². The van der Waals surface area contributed by atoms with Crippen LogP contribution in [0.3, 0.4) is 0 Å². The molecule has 1 aliphatic rings. The van der Waals surface area contributed by atoms with Crippen molar-refractivity contribution in [1.29, 1.82) is 0 Å². The number of nitrogens with zero attached hydrogens (tertiary/aromatic N) is 2. The summed E-state index contributed by atoms with van der Waals surface area (Å²) in [6.45, 7) is 2.27. The summed E-state index contributed by atoms with van der Waals surface area (Å²) in [5.41, 5.74) is -3.99. The number of hydrogen-bond acceptors (Lipinski definition) is 5. The van der Waals surface area contributed by atoms with Crippen LogP contribution >= 0.6 is 0 Å². The van der Waals surface area contributed by atoms with E-state index in [9.17, 15) is 21.6 Å². The molecule has 0 N–H and O–H groups in total. The number of aryl methyl sites for hydroxylation is 1. The van der Waals surface area contributed by atoms with E-state index in [-0.39, 0.29) is 13.1 Å². The zero-order valence-electron chi connectivity index (χ0n) is 10.4. The maximum Gasteiger partial charge on any atom is 0.534 e. The van der Waals surface area contributed by atoms with Crippen molar-refractivity contribution in [2.45, 2.75) is 12.4 Å². The number of aliphatic imine (C=N–C) groups is 1. The molecular weight excluding hydrogens is 297 g/mol. The maximum atomic E-state index is 12.3. The summed E-state index contributed by atoms with van der Waals surface area (Å²) >= 11 is 0. The lowest BCUT2D eigenvalue weighted by molar-refractivity contribution is -0.0505. The maximum absolute atomic E-state index is 12.3. The van der Waals surface area contributed by atoms with Gasteiger partial charge in [0.1, 0.15) is 0 Å². The molecule has 0 aliphatic carbocycles. The standard InChI is InChI=1S/C11H11F3N2O3S/c1-8-2-4-9(5-3-8)16-7-6-15-10(16)19-20(17,18)11(12,13)14/h2-5H,6-7H2,1H3. The average molecular weight is 308 g/mol. The second kappa shape index (κ2) is 4.97. The Hall–Kier alpha value is -1.77. The van der Waals surface area contributed by atoms with Crippen LogP contribution in [0.2, 0.25) is 0 Å². The Labute approximate surface area is 113 Å². The molecule has 0 saturated carbocycles. The number of halogens is 3. The molecule has 0 radical (unpaired) electrons. The summed E-state index contributed by atoms with van der Waals surface area (Å²) in [5.74, 6) is 0. The number of alkyl halides is 3. The van der Waals surface area contributed by atoms with Crippen molar-refractivity contribution in [2.75, 3.05) is 18.0 Å². The lowest BCUT2D eigenvalue weighted by Crippen LogP contribution is -2.35. The van der Waals surface area contributed by atoms with E-state index in [1.165, 1.54) is 4.90 Å². The van der Waals surface area contributed by atoms with Gasteiger partial charge in [0.05, 0.1) is 6.54 Å². The van der Waals surface area contributed by atoms with Crippen LogP contribution in [0, 0.1) is 6.92 Å². The van der Waals surface area contributed by atoms with Crippen LogP contribution in [0.5, 0.6) is 0 Å². The molecule has 110 valence electrons. The smallest absolute Gasteiger partial charge is 0.339 e. The van der Waals surface area contributed by atoms with Gasteiger partial charge in [0, 0.05) is 12.2 Å². The lowest BCUT2D eigenvalue weighted by Gasteiger charge is -2.20. The predicted molar refractivity (Wildman–Crippen MR) is 66.9 cm³/mol. The van der Waals surface area contributed by atoms with Gasteiger partial charge in [0.25, 0.3) is 0 Å². The van der Waals surface area contributed by atoms with E-state index in [0.29, 0.717) is 5.69 Å². The van der Waals surface area contributed by atoms with Crippen molar-refractivity contribution in [1.82, 2.24) is 0 Å². The fourth-order valence-corrected chi connectivity index (χ4v) is 2.04. The number of amidine groups is 1. The molecule has 0 spiro atoms. The summed E-state index contributed by atoms with van der Waals surface area (Å²) in [4.78, 5) is 4.94. The molecule has 0 atom stereocenters. The normalized spacial score (nSPS) is 16.2. The lowest BCUT2D eigenvalue weighted by atomic mass is 10.2. The Morgan fingerprint density at radius 2 is 1.85 bits per heavy atom. The summed E-state index contributed by atoms with van der Waals surface area (Å²) in [5, 5.41) is 0. The number of anilines is 1. The average Bonchev–Trinajstić information content (AvgIpc) is 2.76. The zero-order valence-corrected chi connectivity index (χ0v) is 11.2. The van der Waals surface area contributed by atoms with E-state index in [1.54, 1.807) is 24.3 Å². The fourth-order valence-electron chi connectivity index (χ4n) is 1.61. The van der Waals surface area contributed by atoms with Crippen molar-refractivity contribution in [2.24, 2.45) is 4.99 Å². The van der Waals surface area contributed by atoms with E-state index >= 15 is 0 Å². The van der Waals surface area contributed by atoms with Crippen LogP contribution < -0.4 is 4.90 Å². The third kappa shape index (κ3) is 2.87. The molecule has 0 fully saturated rings. The summed E-state index contributed by atoms with van der Waals surface area (Å²) in [7, 11) is -5.70. The van der Waals surface area contributed by atoms with Crippen molar-refractivity contribution in [3.05, 3.63) is 29.8 Å². The topological polar surface area (TPSA) is 59.0 Å². The quantitative estimate of drug-likeness (QED) is 0.620. The van der Waals surface area contributed by atoms with Gasteiger partial charge in [-0.3, -0.25) is 4.90 Å². The van der Waals surface area contributed by atoms with Gasteiger partial charge in [-0.2, -0.15) is 21.6 Å². The van der Waals surface area contributed by atoms with Crippen molar-refractivity contribution < 1.29 is 25.8 Å². The number of hydrogen-bond donors (Lipinski definition) is 0. The molecule has 0 saturated heterocycles. The Morgan fingerprint density at radius 3 is 2.40 bits per heavy atom. The third-order valence-electron chi connectivity index (χ3n) is 2.61. The summed E-state index contributed by atoms with van der Waals surface area (Å²) < 4.78 is 62.9. The molecule has 2 rings (SSSR count). The van der Waals surface area contributed by atoms with Crippen molar-refractivity contribution in [3.63, 3.8) is 0 Å². The SMILES string of the molecule is Cc1ccc(N2CCN=C2OS(=O)(=O)C(F)(F)F)cc1. The fraction of sp³-hybridized carbons (Fsp3) is 0.364. The van der Waals surface area contributed by atoms with Gasteiger partial charge in [-0.15, -0.1) is 0 Å². The minimum atomic E-state index is -5.70. The second-order valence-electron chi connectivity index (χ2n) is 4.13. The van der Waals surface area contributed by atoms with Crippen LogP contribution in [0.1, 0.15) is 5.56 Å². The van der Waals surface area contributed by atoms with Gasteiger partial charge < -0.3 is 4.18 Å². The van der Waals surface area contributed by atoms with Crippen LogP contribution in [-0.2, 0) is 14.3 Å². The van der Waals surface area contributed by atoms with Crippen molar-refractivity contribution >= 4 is 21.8 Å². The van der Waals surface area contributed by atoms with Crippen LogP contribution in [0.15, 0.2) is 29.3 Å². The summed E-state index contributed by atoms with van der Waals surface area (Å²) in [6, 6.07) is 6.25. The highest BCUT2D eigenvalue weighted by molar-refractivity contribution is 7.88. The predicted octanol–water partition coefficient (Wildman–Crippen LogP) is 2.04. The monoisotopic (exact) mass is 308 g/mol. The van der Waals surface area contributed by atoms with Crippen LogP contribution in [0.4, 0.5) is 18.9 Å². The van der Waals surface area contributed by atoms with E-state index in [2.05, 4.69) is 9.18 Å². The van der Waals surface area contributed by atoms with E-state index in [0.717, 1.165) is 5.56 Å². The Bertz CT molecular complexity index is 623. The summed E-state index contributed by atoms with van der Waals surface area (Å²) in [6.07, 6.45) is 0. The van der Waals surface area contributed by atoms with Gasteiger partial charge in [0.15, 0.2) is 0 Å². The van der Waals surface area contributed by atoms with Gasteiger partial charge in [-0.05, 0) is 19.1 Å². The number of benzene rings is 1. The minimum absolute atomic E-state index is 0.163. The first-order valence-electron chi connectivity index (χ1n) is 5.60. The highest BCUT2D eigenvalue weighted by Gasteiger charge is 2.50. The van der Waals surface area contributed by atoms with Crippen molar-refractivity contribution in [3.8, 4) is 0 Å². The molecule has 1 aromatic carbocycles. The first-order valence-corrected chi connectivity index (χ1v) is 7.01. The Balaban J connectivity index is 2.23. The largest absolute Gasteiger partial charge is 0.534 e. The molecule has 0 aromatic heterocycles. The van der Waals surface area contributed by atoms with Crippen LogP contribution in [0.25, 0.3) is 0 Å². The molecular formula is C11H11F3N2O3S. The van der Waals surface area contributed by atoms with Gasteiger partial charge >= 0.3 is 21.6 Å². The first-order chi connectivity index (χ1) is 9.21. The third-order valence-corrected chi connectivity index (χ3v) is 3.55. The van der Waals surface area contributed by atoms with E-state index in [4.69, 9.17) is 0 Å². The highest BCUT2D eigenvalue weighted by atomic mass is 32.2. The van der Waals surface area contributed by atoms with E-state index < -0.39 is 21.6 Å². The molecule has 1 aromatic rings. The first kappa shape index (κ1) is 14.6. The van der Waals surface area contributed by atoms with Gasteiger partial charge in [-0.1, -0.05) is 17.7 Å². The van der Waals surface area contributed by atoms with Gasteiger partial charge in [-0.25, -0.2) is 4.99 Å². The molecule has 0 unspecified atom stereocenters. The molecule has 5 nitrogen and oxygen atoms in total. The van der Waals surface area contributed by atoms with Crippen LogP contribution in [-0.4, -0.2) is 33.0 Å². The molecule has 0 bridgehead atoms. The molecule has 1 heterocycles. The molecule has 20 heavy (non-hydrogen) atoms. The zero-order chi connectivity index (χ0) is 15.0. The molecule has 1 aliphatic heterocycles. The van der Waals surface area contributed by atoms with Gasteiger partial charge in [0.2, 0.25) is 0 Å². The highest BCUT2D eigenvalue weighted by Crippen LogP contribution is 2.27. The molecule has 9 heteroatoms. The second-order valence-corrected chi connectivity index (χ2v) is 5.67. The Kier molecular flexibility index (Phi) is 3.63. The molecule has 0 amide bonds.